The third-order valence-corrected chi connectivity index (χ3v) is 2.77. The van der Waals surface area contributed by atoms with Crippen LogP contribution in [0.25, 0.3) is 0 Å². The highest BCUT2D eigenvalue weighted by atomic mass is 16.5. The molecule has 21 heavy (non-hydrogen) atoms. The summed E-state index contributed by atoms with van der Waals surface area (Å²) in [4.78, 5) is 26.4. The quantitative estimate of drug-likeness (QED) is 0.668. The molecule has 2 aromatic rings. The van der Waals surface area contributed by atoms with Crippen molar-refractivity contribution in [2.75, 3.05) is 7.11 Å². The summed E-state index contributed by atoms with van der Waals surface area (Å²) in [5.74, 6) is -0.376. The summed E-state index contributed by atoms with van der Waals surface area (Å²) < 4.78 is 10.1. The van der Waals surface area contributed by atoms with E-state index in [2.05, 4.69) is 9.72 Å². The van der Waals surface area contributed by atoms with Crippen molar-refractivity contribution in [1.82, 2.24) is 4.98 Å². The third kappa shape index (κ3) is 3.36. The Bertz CT molecular complexity index is 669. The topological polar surface area (TPSA) is 85.7 Å². The molecule has 0 aliphatic rings. The molecule has 6 heteroatoms. The Labute approximate surface area is 121 Å². The molecule has 0 aliphatic carbocycles. The second-order valence-electron chi connectivity index (χ2n) is 4.12. The first-order valence-corrected chi connectivity index (χ1v) is 6.09. The van der Waals surface area contributed by atoms with Crippen LogP contribution < -0.4 is 4.74 Å². The molecule has 0 atom stereocenters. The molecule has 6 nitrogen and oxygen atoms in total. The van der Waals surface area contributed by atoms with Crippen molar-refractivity contribution in [2.24, 2.45) is 0 Å². The van der Waals surface area contributed by atoms with Gasteiger partial charge in [-0.3, -0.25) is 9.78 Å². The number of phenolic OH excluding ortho intramolecular Hbond substituents is 1. The van der Waals surface area contributed by atoms with Crippen LogP contribution in [-0.4, -0.2) is 29.5 Å². The fraction of sp³-hybridized carbons (Fsp3) is 0.133. The first-order valence-electron chi connectivity index (χ1n) is 6.09. The summed E-state index contributed by atoms with van der Waals surface area (Å²) in [5, 5.41) is 9.55. The maximum atomic E-state index is 11.4. The molecule has 0 spiro atoms. The van der Waals surface area contributed by atoms with Gasteiger partial charge in [-0.15, -0.1) is 0 Å². The smallest absolute Gasteiger partial charge is 0.337 e. The number of hydrogen-bond donors (Lipinski definition) is 1. The first kappa shape index (κ1) is 14.5. The van der Waals surface area contributed by atoms with Crippen LogP contribution in [0.5, 0.6) is 11.5 Å². The third-order valence-electron chi connectivity index (χ3n) is 2.77. The molecule has 0 bridgehead atoms. The molecule has 1 heterocycles. The van der Waals surface area contributed by atoms with Crippen LogP contribution in [0.4, 0.5) is 0 Å². The lowest BCUT2D eigenvalue weighted by Gasteiger charge is -2.09. The van der Waals surface area contributed by atoms with E-state index in [4.69, 9.17) is 4.74 Å². The minimum absolute atomic E-state index is 0.0507. The van der Waals surface area contributed by atoms with Crippen LogP contribution in [-0.2, 0) is 11.3 Å². The molecule has 1 aromatic carbocycles. The van der Waals surface area contributed by atoms with Gasteiger partial charge in [-0.2, -0.15) is 0 Å². The van der Waals surface area contributed by atoms with Crippen LogP contribution in [0.1, 0.15) is 26.4 Å². The number of aromatic nitrogens is 1. The lowest BCUT2D eigenvalue weighted by atomic mass is 10.2. The normalized spacial score (nSPS) is 9.95. The summed E-state index contributed by atoms with van der Waals surface area (Å²) in [6.45, 7) is 0.0507. The van der Waals surface area contributed by atoms with Crippen LogP contribution >= 0.6 is 0 Å². The van der Waals surface area contributed by atoms with Crippen molar-refractivity contribution in [3.63, 3.8) is 0 Å². The van der Waals surface area contributed by atoms with Crippen molar-refractivity contribution in [3.8, 4) is 11.5 Å². The number of carbonyl (C=O) groups excluding carboxylic acids is 2. The molecule has 0 aliphatic heterocycles. The van der Waals surface area contributed by atoms with E-state index in [9.17, 15) is 14.7 Å². The molecule has 0 saturated heterocycles. The molecule has 0 unspecified atom stereocenters. The highest BCUT2D eigenvalue weighted by Crippen LogP contribution is 2.26. The predicted molar refractivity (Wildman–Crippen MR) is 73.4 cm³/mol. The fourth-order valence-corrected chi connectivity index (χ4v) is 1.73. The summed E-state index contributed by atoms with van der Waals surface area (Å²) >= 11 is 0. The van der Waals surface area contributed by atoms with Crippen molar-refractivity contribution in [2.45, 2.75) is 6.61 Å². The molecular formula is C15H13NO5. The average molecular weight is 287 g/mol. The average Bonchev–Trinajstić information content (AvgIpc) is 2.52. The minimum Gasteiger partial charge on any atom is -0.507 e. The van der Waals surface area contributed by atoms with E-state index in [1.54, 1.807) is 12.1 Å². The van der Waals surface area contributed by atoms with E-state index in [0.717, 1.165) is 0 Å². The second kappa shape index (κ2) is 6.51. The van der Waals surface area contributed by atoms with Gasteiger partial charge in [0.05, 0.1) is 23.9 Å². The van der Waals surface area contributed by atoms with Gasteiger partial charge in [0, 0.05) is 6.20 Å². The van der Waals surface area contributed by atoms with E-state index in [1.165, 1.54) is 31.5 Å². The Kier molecular flexibility index (Phi) is 4.50. The molecule has 0 amide bonds. The predicted octanol–water partition coefficient (Wildman–Crippen LogP) is 1.97. The van der Waals surface area contributed by atoms with E-state index in [1.807, 2.05) is 0 Å². The molecule has 0 fully saturated rings. The zero-order valence-corrected chi connectivity index (χ0v) is 11.3. The Balaban J connectivity index is 2.15. The Morgan fingerprint density at radius 3 is 2.90 bits per heavy atom. The van der Waals surface area contributed by atoms with E-state index in [0.29, 0.717) is 17.5 Å². The van der Waals surface area contributed by atoms with Gasteiger partial charge in [0.15, 0.2) is 6.29 Å². The molecule has 108 valence electrons. The van der Waals surface area contributed by atoms with Gasteiger partial charge in [0.2, 0.25) is 0 Å². The lowest BCUT2D eigenvalue weighted by Crippen LogP contribution is -2.05. The number of methoxy groups -OCH3 is 1. The number of nitrogens with zero attached hydrogens (tertiary/aromatic N) is 1. The monoisotopic (exact) mass is 287 g/mol. The number of ether oxygens (including phenoxy) is 2. The van der Waals surface area contributed by atoms with Crippen molar-refractivity contribution >= 4 is 12.3 Å². The van der Waals surface area contributed by atoms with Crippen LogP contribution in [0.2, 0.25) is 0 Å². The minimum atomic E-state index is -0.468. The van der Waals surface area contributed by atoms with Crippen LogP contribution in [0.3, 0.4) is 0 Å². The van der Waals surface area contributed by atoms with Gasteiger partial charge in [0.25, 0.3) is 0 Å². The van der Waals surface area contributed by atoms with Gasteiger partial charge in [-0.1, -0.05) is 6.07 Å². The largest absolute Gasteiger partial charge is 0.507 e. The highest BCUT2D eigenvalue weighted by molar-refractivity contribution is 5.89. The molecule has 0 saturated carbocycles. The Hall–Kier alpha value is -2.89. The van der Waals surface area contributed by atoms with Gasteiger partial charge in [0.1, 0.15) is 18.1 Å². The molecular weight excluding hydrogens is 274 g/mol. The summed E-state index contributed by atoms with van der Waals surface area (Å²) in [7, 11) is 1.29. The number of carbonyl (C=O) groups is 2. The Morgan fingerprint density at radius 1 is 1.38 bits per heavy atom. The van der Waals surface area contributed by atoms with Crippen molar-refractivity contribution < 1.29 is 24.2 Å². The van der Waals surface area contributed by atoms with Gasteiger partial charge < -0.3 is 14.6 Å². The summed E-state index contributed by atoms with van der Waals surface area (Å²) in [5.41, 5.74) is 0.928. The number of hydrogen-bond acceptors (Lipinski definition) is 6. The molecule has 0 radical (unpaired) electrons. The van der Waals surface area contributed by atoms with Gasteiger partial charge in [-0.25, -0.2) is 4.79 Å². The maximum absolute atomic E-state index is 11.4. The summed E-state index contributed by atoms with van der Waals surface area (Å²) in [6.07, 6.45) is 1.98. The van der Waals surface area contributed by atoms with E-state index in [-0.39, 0.29) is 23.7 Å². The van der Waals surface area contributed by atoms with Gasteiger partial charge >= 0.3 is 5.97 Å². The van der Waals surface area contributed by atoms with Crippen molar-refractivity contribution in [1.29, 1.82) is 0 Å². The number of benzene rings is 1. The Morgan fingerprint density at radius 2 is 2.19 bits per heavy atom. The SMILES string of the molecule is COC(=O)c1ccnc(COc2cccc(O)c2C=O)c1. The molecule has 1 N–H and O–H groups in total. The fourth-order valence-electron chi connectivity index (χ4n) is 1.73. The lowest BCUT2D eigenvalue weighted by molar-refractivity contribution is 0.0600. The molecule has 2 rings (SSSR count). The zero-order chi connectivity index (χ0) is 15.2. The second-order valence-corrected chi connectivity index (χ2v) is 4.12. The van der Waals surface area contributed by atoms with Crippen LogP contribution in [0, 0.1) is 0 Å². The number of phenols is 1. The van der Waals surface area contributed by atoms with Crippen LogP contribution in [0.15, 0.2) is 36.5 Å². The zero-order valence-electron chi connectivity index (χ0n) is 11.3. The van der Waals surface area contributed by atoms with Gasteiger partial charge in [-0.05, 0) is 24.3 Å². The number of aromatic hydroxyl groups is 1. The van der Waals surface area contributed by atoms with E-state index >= 15 is 0 Å². The number of pyridine rings is 1. The standard InChI is InChI=1S/C15H13NO5/c1-20-15(19)10-5-6-16-11(7-10)9-21-14-4-2-3-13(18)12(14)8-17/h2-8,18H,9H2,1H3. The summed E-state index contributed by atoms with van der Waals surface area (Å²) in [6, 6.07) is 7.59. The van der Waals surface area contributed by atoms with E-state index < -0.39 is 5.97 Å². The van der Waals surface area contributed by atoms with Crippen molar-refractivity contribution in [3.05, 3.63) is 53.3 Å². The number of esters is 1. The highest BCUT2D eigenvalue weighted by Gasteiger charge is 2.10. The number of rotatable bonds is 5. The maximum Gasteiger partial charge on any atom is 0.337 e. The number of aldehydes is 1. The molecule has 1 aromatic heterocycles. The first-order chi connectivity index (χ1) is 10.2.